The monoisotopic (exact) mass is 242 g/mol. The van der Waals surface area contributed by atoms with E-state index in [2.05, 4.69) is 13.8 Å². The van der Waals surface area contributed by atoms with E-state index in [0.717, 1.165) is 11.5 Å². The molecule has 0 amide bonds. The first kappa shape index (κ1) is 13.9. The third-order valence-electron chi connectivity index (χ3n) is 1.58. The van der Waals surface area contributed by atoms with Crippen molar-refractivity contribution in [2.45, 2.75) is 32.4 Å². The zero-order chi connectivity index (χ0) is 10.3. The minimum absolute atomic E-state index is 0.536. The number of hydrogen-bond donors (Lipinski definition) is 0. The highest BCUT2D eigenvalue weighted by molar-refractivity contribution is 8.58. The van der Waals surface area contributed by atoms with Gasteiger partial charge in [0, 0.05) is 17.0 Å². The Labute approximate surface area is 89.8 Å². The molecule has 0 saturated heterocycles. The molecule has 13 heavy (non-hydrogen) atoms. The van der Waals surface area contributed by atoms with Gasteiger partial charge in [0.15, 0.2) is 0 Å². The molecule has 0 aliphatic rings. The topological polar surface area (TPSA) is 26.3 Å². The molecule has 2 atom stereocenters. The van der Waals surface area contributed by atoms with Gasteiger partial charge in [-0.15, -0.1) is 11.8 Å². The van der Waals surface area contributed by atoms with E-state index in [1.807, 2.05) is 18.7 Å². The molecule has 5 heteroatoms. The Morgan fingerprint density at radius 3 is 2.54 bits per heavy atom. The maximum Gasteiger partial charge on any atom is 0.255 e. The Kier molecular flexibility index (Phi) is 7.71. The van der Waals surface area contributed by atoms with Crippen molar-refractivity contribution in [2.24, 2.45) is 0 Å². The van der Waals surface area contributed by atoms with Gasteiger partial charge >= 0.3 is 0 Å². The number of hydrogen-bond acceptors (Lipinski definition) is 4. The van der Waals surface area contributed by atoms with Crippen LogP contribution in [0.5, 0.6) is 0 Å². The van der Waals surface area contributed by atoms with Crippen LogP contribution in [-0.4, -0.2) is 23.6 Å². The summed E-state index contributed by atoms with van der Waals surface area (Å²) in [6.07, 6.45) is 1.16. The molecule has 0 spiro atoms. The van der Waals surface area contributed by atoms with E-state index in [1.54, 1.807) is 6.66 Å². The van der Waals surface area contributed by atoms with E-state index in [-0.39, 0.29) is 0 Å². The van der Waals surface area contributed by atoms with Crippen LogP contribution in [0.2, 0.25) is 0 Å². The summed E-state index contributed by atoms with van der Waals surface area (Å²) in [6, 6.07) is 0. The van der Waals surface area contributed by atoms with Crippen molar-refractivity contribution < 1.29 is 9.09 Å². The van der Waals surface area contributed by atoms with Crippen LogP contribution in [0, 0.1) is 0 Å². The van der Waals surface area contributed by atoms with Crippen LogP contribution in [0.1, 0.15) is 27.2 Å². The van der Waals surface area contributed by atoms with Gasteiger partial charge in [0.25, 0.3) is 6.57 Å². The van der Waals surface area contributed by atoms with Crippen molar-refractivity contribution in [2.75, 3.05) is 18.4 Å². The number of rotatable bonds is 7. The first-order valence-electron chi connectivity index (χ1n) is 4.50. The van der Waals surface area contributed by atoms with Gasteiger partial charge < -0.3 is 4.52 Å². The molecule has 80 valence electrons. The lowest BCUT2D eigenvalue weighted by Gasteiger charge is -2.12. The largest absolute Gasteiger partial charge is 0.322 e. The highest BCUT2D eigenvalue weighted by Gasteiger charge is 2.15. The molecule has 2 nitrogen and oxygen atoms in total. The van der Waals surface area contributed by atoms with Gasteiger partial charge in [0.1, 0.15) is 0 Å². The van der Waals surface area contributed by atoms with E-state index >= 15 is 0 Å². The molecule has 0 aromatic rings. The minimum Gasteiger partial charge on any atom is -0.322 e. The molecule has 0 aliphatic heterocycles. The first-order valence-corrected chi connectivity index (χ1v) is 9.21. The van der Waals surface area contributed by atoms with Crippen LogP contribution in [-0.2, 0) is 9.09 Å². The van der Waals surface area contributed by atoms with Crippen LogP contribution in [0.3, 0.4) is 0 Å². The second-order valence-electron chi connectivity index (χ2n) is 2.82. The van der Waals surface area contributed by atoms with Crippen molar-refractivity contribution in [3.05, 3.63) is 0 Å². The third kappa shape index (κ3) is 7.92. The van der Waals surface area contributed by atoms with Gasteiger partial charge in [-0.1, -0.05) is 25.2 Å². The summed E-state index contributed by atoms with van der Waals surface area (Å²) >= 11 is 3.28. The molecule has 0 fully saturated rings. The van der Waals surface area contributed by atoms with Crippen molar-refractivity contribution in [1.82, 2.24) is 0 Å². The molecule has 0 aromatic heterocycles. The fourth-order valence-corrected chi connectivity index (χ4v) is 6.16. The SMILES string of the molecule is CCOP(C)(=O)SCSC(C)CC. The van der Waals surface area contributed by atoms with E-state index in [1.165, 1.54) is 11.4 Å². The zero-order valence-corrected chi connectivity index (χ0v) is 11.3. The molecule has 0 aromatic carbocycles. The van der Waals surface area contributed by atoms with Crippen LogP contribution < -0.4 is 0 Å². The van der Waals surface area contributed by atoms with Crippen LogP contribution in [0.15, 0.2) is 0 Å². The summed E-state index contributed by atoms with van der Waals surface area (Å²) in [5.41, 5.74) is 0. The molecule has 0 saturated carbocycles. The van der Waals surface area contributed by atoms with Gasteiger partial charge in [-0.3, -0.25) is 4.57 Å². The molecular weight excluding hydrogens is 223 g/mol. The first-order chi connectivity index (χ1) is 6.02. The predicted molar refractivity (Wildman–Crippen MR) is 65.0 cm³/mol. The normalized spacial score (nSPS) is 18.2. The predicted octanol–water partition coefficient (Wildman–Crippen LogP) is 4.07. The van der Waals surface area contributed by atoms with Crippen molar-refractivity contribution >= 4 is 29.7 Å². The highest BCUT2D eigenvalue weighted by atomic mass is 32.7. The summed E-state index contributed by atoms with van der Waals surface area (Å²) in [7, 11) is 0. The summed E-state index contributed by atoms with van der Waals surface area (Å²) in [5.74, 6) is 0. The molecule has 0 aliphatic carbocycles. The van der Waals surface area contributed by atoms with E-state index < -0.39 is 6.57 Å². The van der Waals surface area contributed by atoms with Crippen molar-refractivity contribution in [1.29, 1.82) is 0 Å². The van der Waals surface area contributed by atoms with Crippen molar-refractivity contribution in [3.63, 3.8) is 0 Å². The maximum absolute atomic E-state index is 11.6. The molecule has 0 radical (unpaired) electrons. The molecular formula is C8H19O2PS2. The molecule has 2 unspecified atom stereocenters. The third-order valence-corrected chi connectivity index (χ3v) is 7.31. The van der Waals surface area contributed by atoms with Gasteiger partial charge in [-0.25, -0.2) is 0 Å². The summed E-state index contributed by atoms with van der Waals surface area (Å²) < 4.78 is 16.8. The molecule has 0 heterocycles. The van der Waals surface area contributed by atoms with Gasteiger partial charge in [-0.05, 0) is 13.3 Å². The Balaban J connectivity index is 3.57. The Morgan fingerprint density at radius 1 is 1.46 bits per heavy atom. The molecule has 0 rings (SSSR count). The zero-order valence-electron chi connectivity index (χ0n) is 8.78. The fourth-order valence-electron chi connectivity index (χ4n) is 0.632. The minimum atomic E-state index is -2.36. The van der Waals surface area contributed by atoms with Gasteiger partial charge in [-0.2, -0.15) is 0 Å². The van der Waals surface area contributed by atoms with E-state index in [9.17, 15) is 4.57 Å². The van der Waals surface area contributed by atoms with Crippen LogP contribution in [0.4, 0.5) is 0 Å². The Bertz CT molecular complexity index is 176. The average molecular weight is 242 g/mol. The Morgan fingerprint density at radius 2 is 2.08 bits per heavy atom. The van der Waals surface area contributed by atoms with Gasteiger partial charge in [0.05, 0.1) is 6.61 Å². The smallest absolute Gasteiger partial charge is 0.255 e. The van der Waals surface area contributed by atoms with E-state index in [0.29, 0.717) is 11.9 Å². The van der Waals surface area contributed by atoms with Crippen molar-refractivity contribution in [3.8, 4) is 0 Å². The quantitative estimate of drug-likeness (QED) is 0.496. The summed E-state index contributed by atoms with van der Waals surface area (Å²) in [6.45, 7) is 6.09. The van der Waals surface area contributed by atoms with Crippen LogP contribution >= 0.6 is 29.7 Å². The average Bonchev–Trinajstić information content (AvgIpc) is 2.03. The number of thioether (sulfide) groups is 1. The lowest BCUT2D eigenvalue weighted by atomic mass is 10.4. The fraction of sp³-hybridized carbons (Fsp3) is 1.00. The van der Waals surface area contributed by atoms with Gasteiger partial charge in [0.2, 0.25) is 0 Å². The summed E-state index contributed by atoms with van der Waals surface area (Å²) in [5, 5.41) is 1.51. The second-order valence-corrected chi connectivity index (χ2v) is 9.73. The lowest BCUT2D eigenvalue weighted by Crippen LogP contribution is -1.92. The van der Waals surface area contributed by atoms with Crippen LogP contribution in [0.25, 0.3) is 0 Å². The Hall–Kier alpha value is 0.890. The molecule has 0 bridgehead atoms. The maximum atomic E-state index is 11.6. The van der Waals surface area contributed by atoms with E-state index in [4.69, 9.17) is 4.52 Å². The summed E-state index contributed by atoms with van der Waals surface area (Å²) in [4.78, 5) is 0. The second kappa shape index (κ2) is 7.22. The lowest BCUT2D eigenvalue weighted by molar-refractivity contribution is 0.350. The highest BCUT2D eigenvalue weighted by Crippen LogP contribution is 2.57. The molecule has 0 N–H and O–H groups in total. The standard InChI is InChI=1S/C8H19O2PS2/c1-5-8(3)12-7-13-11(4,9)10-6-2/h8H,5-7H2,1-4H3.